The van der Waals surface area contributed by atoms with Crippen LogP contribution in [-0.4, -0.2) is 43.0 Å². The van der Waals surface area contributed by atoms with Gasteiger partial charge in [0.05, 0.1) is 19.9 Å². The topological polar surface area (TPSA) is 97.0 Å². The Morgan fingerprint density at radius 3 is 2.52 bits per heavy atom. The van der Waals surface area contributed by atoms with Gasteiger partial charge in [0.25, 0.3) is 5.91 Å². The number of carbonyl (C=O) groups excluding carboxylic acids is 3. The van der Waals surface area contributed by atoms with Gasteiger partial charge in [0.2, 0.25) is 5.91 Å². The van der Waals surface area contributed by atoms with Gasteiger partial charge in [0.1, 0.15) is 23.1 Å². The smallest absolute Gasteiger partial charge is 0.326 e. The van der Waals surface area contributed by atoms with Crippen LogP contribution in [0.2, 0.25) is 0 Å². The molecule has 8 nitrogen and oxygen atoms in total. The first-order valence-corrected chi connectivity index (χ1v) is 9.06. The number of rotatable bonds is 6. The van der Waals surface area contributed by atoms with Gasteiger partial charge in [-0.1, -0.05) is 24.3 Å². The predicted octanol–water partition coefficient (Wildman–Crippen LogP) is 2.50. The van der Waals surface area contributed by atoms with E-state index in [2.05, 4.69) is 10.6 Å². The molecule has 0 aliphatic carbocycles. The maximum Gasteiger partial charge on any atom is 0.326 e. The summed E-state index contributed by atoms with van der Waals surface area (Å²) < 4.78 is 10.4. The SMILES string of the molecule is COc1cccc([C@]2(C)NC(=O)N([C@H](C)C(=O)Nc3ccccc3OC)C2=O)c1. The Kier molecular flexibility index (Phi) is 5.45. The van der Waals surface area contributed by atoms with Crippen molar-refractivity contribution in [2.24, 2.45) is 0 Å². The van der Waals surface area contributed by atoms with Gasteiger partial charge >= 0.3 is 6.03 Å². The van der Waals surface area contributed by atoms with Crippen molar-refractivity contribution < 1.29 is 23.9 Å². The maximum absolute atomic E-state index is 13.2. The van der Waals surface area contributed by atoms with E-state index < -0.39 is 29.4 Å². The van der Waals surface area contributed by atoms with Crippen LogP contribution in [0.3, 0.4) is 0 Å². The van der Waals surface area contributed by atoms with Crippen molar-refractivity contribution in [2.45, 2.75) is 25.4 Å². The summed E-state index contributed by atoms with van der Waals surface area (Å²) >= 11 is 0. The van der Waals surface area contributed by atoms with Crippen LogP contribution < -0.4 is 20.1 Å². The Morgan fingerprint density at radius 2 is 1.83 bits per heavy atom. The average molecular weight is 397 g/mol. The van der Waals surface area contributed by atoms with Gasteiger partial charge in [-0.15, -0.1) is 0 Å². The molecule has 2 N–H and O–H groups in total. The summed E-state index contributed by atoms with van der Waals surface area (Å²) in [6, 6.07) is 12.1. The van der Waals surface area contributed by atoms with Crippen LogP contribution in [0.4, 0.5) is 10.5 Å². The minimum absolute atomic E-state index is 0.453. The molecule has 152 valence electrons. The van der Waals surface area contributed by atoms with Gasteiger partial charge in [-0.05, 0) is 43.7 Å². The Morgan fingerprint density at radius 1 is 1.10 bits per heavy atom. The largest absolute Gasteiger partial charge is 0.497 e. The van der Waals surface area contributed by atoms with Crippen LogP contribution in [-0.2, 0) is 15.1 Å². The van der Waals surface area contributed by atoms with E-state index in [1.165, 1.54) is 21.1 Å². The first-order chi connectivity index (χ1) is 13.8. The number of methoxy groups -OCH3 is 2. The fourth-order valence-electron chi connectivity index (χ4n) is 3.24. The summed E-state index contributed by atoms with van der Waals surface area (Å²) in [6.45, 7) is 3.10. The Hall–Kier alpha value is -3.55. The molecule has 0 unspecified atom stereocenters. The lowest BCUT2D eigenvalue weighted by Gasteiger charge is -2.25. The number of hydrogen-bond acceptors (Lipinski definition) is 5. The third-order valence-electron chi connectivity index (χ3n) is 5.00. The molecular formula is C21H23N3O5. The average Bonchev–Trinajstić information content (AvgIpc) is 2.97. The van der Waals surface area contributed by atoms with Crippen LogP contribution in [0.25, 0.3) is 0 Å². The number of nitrogens with zero attached hydrogens (tertiary/aromatic N) is 1. The second kappa shape index (κ2) is 7.83. The number of carbonyl (C=O) groups is 3. The molecule has 0 bridgehead atoms. The highest BCUT2D eigenvalue weighted by Gasteiger charge is 2.51. The van der Waals surface area contributed by atoms with Crippen molar-refractivity contribution >= 4 is 23.5 Å². The number of para-hydroxylation sites is 2. The summed E-state index contributed by atoms with van der Waals surface area (Å²) in [5.41, 5.74) is -0.283. The van der Waals surface area contributed by atoms with Crippen molar-refractivity contribution in [2.75, 3.05) is 19.5 Å². The van der Waals surface area contributed by atoms with E-state index in [-0.39, 0.29) is 0 Å². The van der Waals surface area contributed by atoms with Crippen LogP contribution in [0.15, 0.2) is 48.5 Å². The molecule has 0 saturated carbocycles. The van der Waals surface area contributed by atoms with Crippen molar-refractivity contribution in [3.63, 3.8) is 0 Å². The number of amides is 4. The number of benzene rings is 2. The zero-order valence-electron chi connectivity index (χ0n) is 16.7. The molecule has 29 heavy (non-hydrogen) atoms. The van der Waals surface area contributed by atoms with Crippen LogP contribution in [0.5, 0.6) is 11.5 Å². The second-order valence-electron chi connectivity index (χ2n) is 6.83. The van der Waals surface area contributed by atoms with Crippen molar-refractivity contribution in [3.8, 4) is 11.5 Å². The van der Waals surface area contributed by atoms with E-state index in [1.54, 1.807) is 55.5 Å². The highest BCUT2D eigenvalue weighted by Crippen LogP contribution is 2.32. The molecule has 8 heteroatoms. The monoisotopic (exact) mass is 397 g/mol. The molecule has 4 amide bonds. The molecule has 1 aliphatic rings. The molecule has 0 radical (unpaired) electrons. The van der Waals surface area contributed by atoms with Crippen molar-refractivity contribution in [1.29, 1.82) is 0 Å². The van der Waals surface area contributed by atoms with Crippen LogP contribution >= 0.6 is 0 Å². The molecule has 1 heterocycles. The fraction of sp³-hybridized carbons (Fsp3) is 0.286. The Balaban J connectivity index is 1.84. The number of anilines is 1. The number of hydrogen-bond donors (Lipinski definition) is 2. The van der Waals surface area contributed by atoms with E-state index >= 15 is 0 Å². The van der Waals surface area contributed by atoms with Gasteiger partial charge in [-0.2, -0.15) is 0 Å². The number of ether oxygens (including phenoxy) is 2. The van der Waals surface area contributed by atoms with Crippen LogP contribution in [0, 0.1) is 0 Å². The fourth-order valence-corrected chi connectivity index (χ4v) is 3.24. The lowest BCUT2D eigenvalue weighted by molar-refractivity contribution is -0.136. The lowest BCUT2D eigenvalue weighted by Crippen LogP contribution is -2.47. The summed E-state index contributed by atoms with van der Waals surface area (Å²) in [4.78, 5) is 39.4. The molecule has 0 spiro atoms. The minimum atomic E-state index is -1.30. The molecule has 0 aromatic heterocycles. The molecule has 2 atom stereocenters. The molecular weight excluding hydrogens is 374 g/mol. The summed E-state index contributed by atoms with van der Waals surface area (Å²) in [5.74, 6) is 0.0176. The zero-order valence-corrected chi connectivity index (χ0v) is 16.7. The van der Waals surface area contributed by atoms with Gasteiger partial charge in [-0.3, -0.25) is 9.59 Å². The van der Waals surface area contributed by atoms with E-state index in [0.29, 0.717) is 22.7 Å². The summed E-state index contributed by atoms with van der Waals surface area (Å²) in [6.07, 6.45) is 0. The quantitative estimate of drug-likeness (QED) is 0.730. The molecule has 2 aromatic carbocycles. The maximum atomic E-state index is 13.2. The van der Waals surface area contributed by atoms with E-state index in [0.717, 1.165) is 4.90 Å². The minimum Gasteiger partial charge on any atom is -0.497 e. The third-order valence-corrected chi connectivity index (χ3v) is 5.00. The standard InChI is InChI=1S/C21H23N3O5/c1-13(18(25)22-16-10-5-6-11-17(16)29-4)24-19(26)21(2,23-20(24)27)14-8-7-9-15(12-14)28-3/h5-13H,1-4H3,(H,22,25)(H,23,27)/t13-,21+/m1/s1. The van der Waals surface area contributed by atoms with E-state index in [4.69, 9.17) is 9.47 Å². The van der Waals surface area contributed by atoms with Crippen LogP contribution in [0.1, 0.15) is 19.4 Å². The van der Waals surface area contributed by atoms with E-state index in [9.17, 15) is 14.4 Å². The normalized spacial score (nSPS) is 19.5. The number of nitrogens with one attached hydrogen (secondary N) is 2. The lowest BCUT2D eigenvalue weighted by atomic mass is 9.91. The number of imide groups is 1. The van der Waals surface area contributed by atoms with Crippen molar-refractivity contribution in [1.82, 2.24) is 10.2 Å². The zero-order chi connectivity index (χ0) is 21.2. The molecule has 2 aromatic rings. The highest BCUT2D eigenvalue weighted by atomic mass is 16.5. The predicted molar refractivity (Wildman–Crippen MR) is 107 cm³/mol. The molecule has 1 aliphatic heterocycles. The van der Waals surface area contributed by atoms with Crippen molar-refractivity contribution in [3.05, 3.63) is 54.1 Å². The molecule has 1 saturated heterocycles. The first-order valence-electron chi connectivity index (χ1n) is 9.06. The van der Waals surface area contributed by atoms with Gasteiger partial charge < -0.3 is 20.1 Å². The van der Waals surface area contributed by atoms with E-state index in [1.807, 2.05) is 0 Å². The van der Waals surface area contributed by atoms with Gasteiger partial charge in [0.15, 0.2) is 0 Å². The Bertz CT molecular complexity index is 961. The Labute approximate surface area is 168 Å². The third kappa shape index (κ3) is 3.61. The highest BCUT2D eigenvalue weighted by molar-refractivity contribution is 6.11. The first kappa shape index (κ1) is 20.2. The molecule has 1 fully saturated rings. The second-order valence-corrected chi connectivity index (χ2v) is 6.83. The number of urea groups is 1. The van der Waals surface area contributed by atoms with Gasteiger partial charge in [-0.25, -0.2) is 9.69 Å². The van der Waals surface area contributed by atoms with Gasteiger partial charge in [0, 0.05) is 0 Å². The summed E-state index contributed by atoms with van der Waals surface area (Å²) in [5, 5.41) is 5.40. The molecule has 3 rings (SSSR count). The summed E-state index contributed by atoms with van der Waals surface area (Å²) in [7, 11) is 3.01.